The highest BCUT2D eigenvalue weighted by Crippen LogP contribution is 2.42. The van der Waals surface area contributed by atoms with Crippen LogP contribution in [-0.2, 0) is 4.74 Å². The van der Waals surface area contributed by atoms with E-state index in [9.17, 15) is 23.2 Å². The van der Waals surface area contributed by atoms with E-state index in [-0.39, 0.29) is 40.0 Å². The lowest BCUT2D eigenvalue weighted by Gasteiger charge is -2.25. The predicted molar refractivity (Wildman–Crippen MR) is 120 cm³/mol. The molecule has 1 unspecified atom stereocenters. The standard InChI is InChI=1S/C26H17F2NO5/c1-2-33-26(32)14-7-10-16(11-8-14)29-22(17-5-3-4-6-19(17)28)21-23(30)18-13-15(27)9-12-20(18)34-24(21)25(29)31/h3-13,22H,2H2,1H3. The molecule has 0 radical (unpaired) electrons. The molecule has 0 saturated heterocycles. The molecule has 0 spiro atoms. The molecule has 0 aliphatic carbocycles. The summed E-state index contributed by atoms with van der Waals surface area (Å²) in [6.45, 7) is 1.89. The summed E-state index contributed by atoms with van der Waals surface area (Å²) in [4.78, 5) is 40.1. The largest absolute Gasteiger partial charge is 0.462 e. The van der Waals surface area contributed by atoms with Crippen molar-refractivity contribution in [2.45, 2.75) is 13.0 Å². The van der Waals surface area contributed by atoms with Crippen molar-refractivity contribution in [3.05, 3.63) is 111 Å². The number of halogens is 2. The highest BCUT2D eigenvalue weighted by atomic mass is 19.1. The molecule has 34 heavy (non-hydrogen) atoms. The average molecular weight is 461 g/mol. The molecule has 0 bridgehead atoms. The number of hydrogen-bond acceptors (Lipinski definition) is 5. The highest BCUT2D eigenvalue weighted by Gasteiger charge is 2.44. The zero-order chi connectivity index (χ0) is 24.0. The normalized spacial score (nSPS) is 15.0. The molecule has 2 heterocycles. The van der Waals surface area contributed by atoms with Gasteiger partial charge in [0, 0.05) is 11.3 Å². The lowest BCUT2D eigenvalue weighted by molar-refractivity contribution is 0.0526. The first-order valence-electron chi connectivity index (χ1n) is 10.5. The molecule has 4 aromatic rings. The highest BCUT2D eigenvalue weighted by molar-refractivity contribution is 6.10. The summed E-state index contributed by atoms with van der Waals surface area (Å²) in [6.07, 6.45) is 0. The van der Waals surface area contributed by atoms with E-state index in [1.54, 1.807) is 13.0 Å². The number of carbonyl (C=O) groups is 2. The number of nitrogens with zero attached hydrogens (tertiary/aromatic N) is 1. The molecule has 1 aromatic heterocycles. The SMILES string of the molecule is CCOC(=O)c1ccc(N2C(=O)c3oc4ccc(F)cc4c(=O)c3C2c2ccccc2F)cc1. The van der Waals surface area contributed by atoms with Crippen LogP contribution in [0.1, 0.15) is 45.0 Å². The third kappa shape index (κ3) is 3.35. The zero-order valence-electron chi connectivity index (χ0n) is 17.9. The average Bonchev–Trinajstić information content (AvgIpc) is 3.12. The fourth-order valence-corrected chi connectivity index (χ4v) is 4.18. The molecule has 0 fully saturated rings. The Kier molecular flexibility index (Phi) is 5.20. The van der Waals surface area contributed by atoms with E-state index in [4.69, 9.17) is 9.15 Å². The van der Waals surface area contributed by atoms with Gasteiger partial charge in [-0.25, -0.2) is 13.6 Å². The smallest absolute Gasteiger partial charge is 0.338 e. The summed E-state index contributed by atoms with van der Waals surface area (Å²) in [7, 11) is 0. The summed E-state index contributed by atoms with van der Waals surface area (Å²) in [5.41, 5.74) is 0.00281. The maximum atomic E-state index is 14.9. The summed E-state index contributed by atoms with van der Waals surface area (Å²) in [5.74, 6) is -2.69. The Labute approximate surface area is 192 Å². The maximum Gasteiger partial charge on any atom is 0.338 e. The number of fused-ring (bicyclic) bond motifs is 2. The fraction of sp³-hybridized carbons (Fsp3) is 0.115. The number of amides is 1. The number of ether oxygens (including phenoxy) is 1. The first kappa shape index (κ1) is 21.5. The molecule has 0 saturated carbocycles. The van der Waals surface area contributed by atoms with Crippen molar-refractivity contribution in [2.75, 3.05) is 11.5 Å². The Morgan fingerprint density at radius 2 is 1.76 bits per heavy atom. The van der Waals surface area contributed by atoms with Gasteiger partial charge in [-0.05, 0) is 55.5 Å². The molecule has 170 valence electrons. The van der Waals surface area contributed by atoms with Crippen molar-refractivity contribution in [3.63, 3.8) is 0 Å². The third-order valence-electron chi connectivity index (χ3n) is 5.69. The minimum absolute atomic E-state index is 0.0466. The zero-order valence-corrected chi connectivity index (χ0v) is 17.9. The van der Waals surface area contributed by atoms with Crippen LogP contribution in [0.15, 0.2) is 75.9 Å². The van der Waals surface area contributed by atoms with Crippen LogP contribution >= 0.6 is 0 Å². The number of esters is 1. The van der Waals surface area contributed by atoms with E-state index in [1.807, 2.05) is 0 Å². The van der Waals surface area contributed by atoms with E-state index >= 15 is 0 Å². The van der Waals surface area contributed by atoms with Crippen LogP contribution in [0.5, 0.6) is 0 Å². The van der Waals surface area contributed by atoms with Gasteiger partial charge in [-0.3, -0.25) is 14.5 Å². The van der Waals surface area contributed by atoms with Gasteiger partial charge in [0.05, 0.1) is 29.2 Å². The van der Waals surface area contributed by atoms with E-state index in [2.05, 4.69) is 0 Å². The van der Waals surface area contributed by atoms with Gasteiger partial charge in [0.1, 0.15) is 17.2 Å². The van der Waals surface area contributed by atoms with Crippen LogP contribution in [0.3, 0.4) is 0 Å². The summed E-state index contributed by atoms with van der Waals surface area (Å²) >= 11 is 0. The first-order chi connectivity index (χ1) is 16.4. The Morgan fingerprint density at radius 1 is 1.03 bits per heavy atom. The molecule has 6 nitrogen and oxygen atoms in total. The molecule has 5 rings (SSSR count). The maximum absolute atomic E-state index is 14.9. The van der Waals surface area contributed by atoms with Gasteiger partial charge in [-0.2, -0.15) is 0 Å². The lowest BCUT2D eigenvalue weighted by Crippen LogP contribution is -2.30. The molecule has 0 N–H and O–H groups in total. The number of rotatable bonds is 4. The quantitative estimate of drug-likeness (QED) is 0.400. The summed E-state index contributed by atoms with van der Waals surface area (Å²) < 4.78 is 39.5. The molecule has 1 atom stereocenters. The van der Waals surface area contributed by atoms with E-state index in [1.165, 1.54) is 53.4 Å². The van der Waals surface area contributed by atoms with Gasteiger partial charge < -0.3 is 9.15 Å². The van der Waals surface area contributed by atoms with Crippen molar-refractivity contribution in [1.29, 1.82) is 0 Å². The Bertz CT molecular complexity index is 1510. The Balaban J connectivity index is 1.73. The summed E-state index contributed by atoms with van der Waals surface area (Å²) in [6, 6.07) is 14.0. The van der Waals surface area contributed by atoms with E-state index in [0.29, 0.717) is 5.69 Å². The molecular formula is C26H17F2NO5. The minimum Gasteiger partial charge on any atom is -0.462 e. The van der Waals surface area contributed by atoms with Crippen molar-refractivity contribution in [1.82, 2.24) is 0 Å². The number of carbonyl (C=O) groups excluding carboxylic acids is 2. The van der Waals surface area contributed by atoms with E-state index in [0.717, 1.165) is 12.1 Å². The van der Waals surface area contributed by atoms with Crippen molar-refractivity contribution >= 4 is 28.5 Å². The number of hydrogen-bond donors (Lipinski definition) is 0. The van der Waals surface area contributed by atoms with Crippen LogP contribution in [0.4, 0.5) is 14.5 Å². The van der Waals surface area contributed by atoms with Crippen molar-refractivity contribution < 1.29 is 27.5 Å². The second-order valence-corrected chi connectivity index (χ2v) is 7.68. The van der Waals surface area contributed by atoms with E-state index < -0.39 is 35.0 Å². The molecule has 3 aromatic carbocycles. The topological polar surface area (TPSA) is 76.8 Å². The molecule has 1 amide bonds. The van der Waals surface area contributed by atoms with Gasteiger partial charge in [-0.1, -0.05) is 18.2 Å². The minimum atomic E-state index is -1.15. The van der Waals surface area contributed by atoms with Crippen LogP contribution in [0.25, 0.3) is 11.0 Å². The molecular weight excluding hydrogens is 444 g/mol. The second kappa shape index (κ2) is 8.22. The Morgan fingerprint density at radius 3 is 2.47 bits per heavy atom. The van der Waals surface area contributed by atoms with Gasteiger partial charge in [0.2, 0.25) is 5.76 Å². The van der Waals surface area contributed by atoms with Crippen LogP contribution < -0.4 is 10.3 Å². The molecule has 1 aliphatic heterocycles. The van der Waals surface area contributed by atoms with Crippen LogP contribution in [0, 0.1) is 11.6 Å². The van der Waals surface area contributed by atoms with Gasteiger partial charge in [0.25, 0.3) is 5.91 Å². The first-order valence-corrected chi connectivity index (χ1v) is 10.5. The van der Waals surface area contributed by atoms with Crippen LogP contribution in [-0.4, -0.2) is 18.5 Å². The van der Waals surface area contributed by atoms with Gasteiger partial charge >= 0.3 is 5.97 Å². The van der Waals surface area contributed by atoms with Crippen molar-refractivity contribution in [2.24, 2.45) is 0 Å². The fourth-order valence-electron chi connectivity index (χ4n) is 4.18. The lowest BCUT2D eigenvalue weighted by atomic mass is 9.97. The Hall–Kier alpha value is -4.33. The third-order valence-corrected chi connectivity index (χ3v) is 5.69. The van der Waals surface area contributed by atoms with Crippen LogP contribution in [0.2, 0.25) is 0 Å². The monoisotopic (exact) mass is 461 g/mol. The van der Waals surface area contributed by atoms with Gasteiger partial charge in [0.15, 0.2) is 5.43 Å². The second-order valence-electron chi connectivity index (χ2n) is 7.68. The van der Waals surface area contributed by atoms with Gasteiger partial charge in [-0.15, -0.1) is 0 Å². The molecule has 8 heteroatoms. The number of benzene rings is 3. The predicted octanol–water partition coefficient (Wildman–Crippen LogP) is 5.00. The van der Waals surface area contributed by atoms with Crippen molar-refractivity contribution in [3.8, 4) is 0 Å². The summed E-state index contributed by atoms with van der Waals surface area (Å²) in [5, 5.41) is -0.0487. The number of anilines is 1. The molecule has 1 aliphatic rings.